The third kappa shape index (κ3) is 3.03. The highest BCUT2D eigenvalue weighted by atomic mass is 32.1. The number of para-hydroxylation sites is 2. The summed E-state index contributed by atoms with van der Waals surface area (Å²) in [5.74, 6) is 0.314. The lowest BCUT2D eigenvalue weighted by Gasteiger charge is -2.09. The van der Waals surface area contributed by atoms with E-state index in [9.17, 15) is 9.59 Å². The zero-order chi connectivity index (χ0) is 13.8. The Morgan fingerprint density at radius 2 is 2.00 bits per heavy atom. The molecule has 1 aromatic carbocycles. The monoisotopic (exact) mass is 279 g/mol. The van der Waals surface area contributed by atoms with Gasteiger partial charge in [0.25, 0.3) is 0 Å². The number of aryl methyl sites for hydroxylation is 1. The number of methoxy groups -OCH3 is 1. The van der Waals surface area contributed by atoms with Gasteiger partial charge < -0.3 is 9.47 Å². The third-order valence-electron chi connectivity index (χ3n) is 2.56. The molecule has 0 N–H and O–H groups in total. The Labute approximate surface area is 114 Å². The van der Waals surface area contributed by atoms with Crippen LogP contribution in [0.1, 0.15) is 5.69 Å². The summed E-state index contributed by atoms with van der Waals surface area (Å²) < 4.78 is 11.7. The molecule has 1 heterocycles. The minimum Gasteiger partial charge on any atom is -0.493 e. The van der Waals surface area contributed by atoms with Gasteiger partial charge >= 0.3 is 10.8 Å². The summed E-state index contributed by atoms with van der Waals surface area (Å²) in [6.45, 7) is 1.67. The molecule has 0 fully saturated rings. The molecule has 6 heteroatoms. The standard InChI is InChI=1S/C13H13NO4S/c1-9-8-19-13(16)14(9)7-12(15)18-11-6-4-3-5-10(11)17-2/h3-6,8H,7H2,1-2H3. The van der Waals surface area contributed by atoms with Gasteiger partial charge in [-0.25, -0.2) is 4.79 Å². The molecule has 0 radical (unpaired) electrons. The van der Waals surface area contributed by atoms with Crippen LogP contribution in [-0.2, 0) is 11.3 Å². The Morgan fingerprint density at radius 3 is 2.58 bits per heavy atom. The van der Waals surface area contributed by atoms with E-state index in [1.807, 2.05) is 0 Å². The van der Waals surface area contributed by atoms with Crippen LogP contribution in [0.5, 0.6) is 11.5 Å². The number of aromatic nitrogens is 1. The molecule has 0 unspecified atom stereocenters. The number of esters is 1. The van der Waals surface area contributed by atoms with Gasteiger partial charge in [0.15, 0.2) is 11.5 Å². The van der Waals surface area contributed by atoms with Gasteiger partial charge in [-0.1, -0.05) is 23.5 Å². The van der Waals surface area contributed by atoms with E-state index in [-0.39, 0.29) is 11.4 Å². The molecule has 0 aliphatic rings. The van der Waals surface area contributed by atoms with Crippen LogP contribution in [0, 0.1) is 6.92 Å². The Balaban J connectivity index is 2.12. The average molecular weight is 279 g/mol. The first-order chi connectivity index (χ1) is 9.11. The predicted octanol–water partition coefficient (Wildman–Crippen LogP) is 1.83. The highest BCUT2D eigenvalue weighted by Crippen LogP contribution is 2.25. The van der Waals surface area contributed by atoms with Crippen LogP contribution in [-0.4, -0.2) is 17.6 Å². The number of thiazole rings is 1. The van der Waals surface area contributed by atoms with Crippen molar-refractivity contribution in [3.05, 3.63) is 45.0 Å². The van der Waals surface area contributed by atoms with Crippen LogP contribution < -0.4 is 14.3 Å². The van der Waals surface area contributed by atoms with Crippen molar-refractivity contribution in [3.63, 3.8) is 0 Å². The van der Waals surface area contributed by atoms with Crippen LogP contribution in [0.15, 0.2) is 34.4 Å². The van der Waals surface area contributed by atoms with E-state index in [0.29, 0.717) is 11.5 Å². The first-order valence-corrected chi connectivity index (χ1v) is 6.48. The van der Waals surface area contributed by atoms with E-state index < -0.39 is 5.97 Å². The van der Waals surface area contributed by atoms with Gasteiger partial charge in [0.05, 0.1) is 7.11 Å². The molecule has 0 aliphatic carbocycles. The Morgan fingerprint density at radius 1 is 1.32 bits per heavy atom. The molecule has 0 spiro atoms. The number of carbonyl (C=O) groups is 1. The van der Waals surface area contributed by atoms with Gasteiger partial charge in [0.2, 0.25) is 0 Å². The lowest BCUT2D eigenvalue weighted by atomic mass is 10.3. The van der Waals surface area contributed by atoms with Crippen molar-refractivity contribution in [1.82, 2.24) is 4.57 Å². The van der Waals surface area contributed by atoms with Crippen molar-refractivity contribution in [3.8, 4) is 11.5 Å². The van der Waals surface area contributed by atoms with Gasteiger partial charge in [-0.2, -0.15) is 0 Å². The van der Waals surface area contributed by atoms with Crippen molar-refractivity contribution >= 4 is 17.3 Å². The number of nitrogens with zero attached hydrogens (tertiary/aromatic N) is 1. The summed E-state index contributed by atoms with van der Waals surface area (Å²) in [6.07, 6.45) is 0. The molecule has 0 aliphatic heterocycles. The second-order valence-electron chi connectivity index (χ2n) is 3.85. The largest absolute Gasteiger partial charge is 0.493 e. The Hall–Kier alpha value is -2.08. The zero-order valence-corrected chi connectivity index (χ0v) is 11.4. The van der Waals surface area contributed by atoms with E-state index in [1.165, 1.54) is 11.7 Å². The Bertz CT molecular complexity index is 644. The second kappa shape index (κ2) is 5.71. The van der Waals surface area contributed by atoms with Crippen LogP contribution in [0.25, 0.3) is 0 Å². The van der Waals surface area contributed by atoms with Crippen molar-refractivity contribution in [2.75, 3.05) is 7.11 Å². The summed E-state index contributed by atoms with van der Waals surface area (Å²) in [6, 6.07) is 6.86. The number of benzene rings is 1. The van der Waals surface area contributed by atoms with Crippen LogP contribution in [0.2, 0.25) is 0 Å². The lowest BCUT2D eigenvalue weighted by Crippen LogP contribution is -2.23. The molecule has 0 atom stereocenters. The molecular formula is C13H13NO4S. The van der Waals surface area contributed by atoms with E-state index >= 15 is 0 Å². The number of ether oxygens (including phenoxy) is 2. The highest BCUT2D eigenvalue weighted by Gasteiger charge is 2.12. The summed E-state index contributed by atoms with van der Waals surface area (Å²) in [4.78, 5) is 23.1. The molecule has 0 saturated carbocycles. The van der Waals surface area contributed by atoms with Gasteiger partial charge in [0, 0.05) is 11.1 Å². The minimum absolute atomic E-state index is 0.105. The number of hydrogen-bond donors (Lipinski definition) is 0. The van der Waals surface area contributed by atoms with Crippen molar-refractivity contribution in [2.24, 2.45) is 0 Å². The maximum absolute atomic E-state index is 11.8. The fourth-order valence-corrected chi connectivity index (χ4v) is 2.32. The van der Waals surface area contributed by atoms with Crippen LogP contribution in [0.4, 0.5) is 0 Å². The SMILES string of the molecule is COc1ccccc1OC(=O)Cn1c(C)csc1=O. The Kier molecular flexibility index (Phi) is 4.01. The van der Waals surface area contributed by atoms with E-state index in [1.54, 1.807) is 36.6 Å². The summed E-state index contributed by atoms with van der Waals surface area (Å²) >= 11 is 1.06. The zero-order valence-electron chi connectivity index (χ0n) is 10.6. The first-order valence-electron chi connectivity index (χ1n) is 5.60. The van der Waals surface area contributed by atoms with E-state index in [0.717, 1.165) is 17.0 Å². The normalized spacial score (nSPS) is 10.2. The molecule has 0 saturated heterocycles. The lowest BCUT2D eigenvalue weighted by molar-refractivity contribution is -0.135. The fraction of sp³-hybridized carbons (Fsp3) is 0.231. The maximum atomic E-state index is 11.8. The van der Waals surface area contributed by atoms with E-state index in [2.05, 4.69) is 0 Å². The molecule has 1 aromatic heterocycles. The summed E-state index contributed by atoms with van der Waals surface area (Å²) in [5.41, 5.74) is 0.743. The molecule has 2 rings (SSSR count). The third-order valence-corrected chi connectivity index (χ3v) is 3.44. The van der Waals surface area contributed by atoms with E-state index in [4.69, 9.17) is 9.47 Å². The maximum Gasteiger partial charge on any atom is 0.331 e. The first kappa shape index (κ1) is 13.4. The molecule has 0 amide bonds. The molecule has 2 aromatic rings. The highest BCUT2D eigenvalue weighted by molar-refractivity contribution is 7.07. The summed E-state index contributed by atoms with van der Waals surface area (Å²) in [7, 11) is 1.50. The predicted molar refractivity (Wildman–Crippen MR) is 71.9 cm³/mol. The fourth-order valence-electron chi connectivity index (χ4n) is 1.58. The number of rotatable bonds is 4. The van der Waals surface area contributed by atoms with Gasteiger partial charge in [-0.05, 0) is 19.1 Å². The van der Waals surface area contributed by atoms with Gasteiger partial charge in [-0.3, -0.25) is 9.36 Å². The average Bonchev–Trinajstić information content (AvgIpc) is 2.71. The van der Waals surface area contributed by atoms with Gasteiger partial charge in [0.1, 0.15) is 6.54 Å². The van der Waals surface area contributed by atoms with Gasteiger partial charge in [-0.15, -0.1) is 0 Å². The van der Waals surface area contributed by atoms with Crippen molar-refractivity contribution in [2.45, 2.75) is 13.5 Å². The molecule has 5 nitrogen and oxygen atoms in total. The quantitative estimate of drug-likeness (QED) is 0.633. The summed E-state index contributed by atoms with van der Waals surface area (Å²) in [5, 5.41) is 1.71. The molecule has 0 bridgehead atoms. The van der Waals surface area contributed by atoms with Crippen molar-refractivity contribution in [1.29, 1.82) is 0 Å². The number of hydrogen-bond acceptors (Lipinski definition) is 5. The van der Waals surface area contributed by atoms with Crippen molar-refractivity contribution < 1.29 is 14.3 Å². The van der Waals surface area contributed by atoms with Crippen LogP contribution in [0.3, 0.4) is 0 Å². The second-order valence-corrected chi connectivity index (χ2v) is 4.67. The molecule has 19 heavy (non-hydrogen) atoms. The molecular weight excluding hydrogens is 266 g/mol. The topological polar surface area (TPSA) is 57.5 Å². The van der Waals surface area contributed by atoms with Crippen LogP contribution >= 0.6 is 11.3 Å². The smallest absolute Gasteiger partial charge is 0.331 e. The number of carbonyl (C=O) groups excluding carboxylic acids is 1. The minimum atomic E-state index is -0.506. The molecule has 100 valence electrons.